The van der Waals surface area contributed by atoms with E-state index in [1.807, 2.05) is 0 Å². The summed E-state index contributed by atoms with van der Waals surface area (Å²) >= 11 is 5.73. The van der Waals surface area contributed by atoms with Crippen LogP contribution in [0.25, 0.3) is 0 Å². The molecular formula is C14H10ClF2NO. The van der Waals surface area contributed by atoms with Crippen molar-refractivity contribution in [1.82, 2.24) is 0 Å². The largest absolute Gasteiger partial charge is 0.391 e. The van der Waals surface area contributed by atoms with Crippen LogP contribution in [0.2, 0.25) is 5.02 Å². The van der Waals surface area contributed by atoms with Crippen LogP contribution >= 0.6 is 11.6 Å². The zero-order valence-corrected chi connectivity index (χ0v) is 10.6. The maximum absolute atomic E-state index is 13.3. The Morgan fingerprint density at radius 2 is 1.84 bits per heavy atom. The average Bonchev–Trinajstić information content (AvgIpc) is 2.40. The third-order valence-corrected chi connectivity index (χ3v) is 2.63. The van der Waals surface area contributed by atoms with Gasteiger partial charge in [-0.25, -0.2) is 8.78 Å². The Hall–Kier alpha value is -1.94. The minimum absolute atomic E-state index is 0.119. The molecule has 0 saturated heterocycles. The lowest BCUT2D eigenvalue weighted by Gasteiger charge is -2.01. The third kappa shape index (κ3) is 4.03. The molecule has 0 aliphatic heterocycles. The van der Waals surface area contributed by atoms with Crippen molar-refractivity contribution in [1.29, 1.82) is 0 Å². The summed E-state index contributed by atoms with van der Waals surface area (Å²) in [5.41, 5.74) is 0.914. The Bertz CT molecular complexity index is 584. The lowest BCUT2D eigenvalue weighted by atomic mass is 10.2. The molecule has 98 valence electrons. The molecule has 0 spiro atoms. The van der Waals surface area contributed by atoms with Gasteiger partial charge in [-0.3, -0.25) is 0 Å². The molecule has 0 aliphatic rings. The molecule has 2 nitrogen and oxygen atoms in total. The molecule has 2 rings (SSSR count). The van der Waals surface area contributed by atoms with E-state index in [0.29, 0.717) is 5.02 Å². The molecular weight excluding hydrogens is 272 g/mol. The second kappa shape index (κ2) is 6.29. The number of oxime groups is 1. The summed E-state index contributed by atoms with van der Waals surface area (Å²) < 4.78 is 26.1. The van der Waals surface area contributed by atoms with Crippen LogP contribution in [0.1, 0.15) is 11.1 Å². The van der Waals surface area contributed by atoms with Gasteiger partial charge in [-0.1, -0.05) is 28.9 Å². The van der Waals surface area contributed by atoms with Crippen LogP contribution in [0.3, 0.4) is 0 Å². The molecule has 5 heteroatoms. The summed E-state index contributed by atoms with van der Waals surface area (Å²) in [4.78, 5) is 4.92. The number of hydrogen-bond donors (Lipinski definition) is 0. The fourth-order valence-electron chi connectivity index (χ4n) is 1.41. The highest BCUT2D eigenvalue weighted by molar-refractivity contribution is 6.30. The van der Waals surface area contributed by atoms with Crippen molar-refractivity contribution in [2.24, 2.45) is 5.16 Å². The lowest BCUT2D eigenvalue weighted by molar-refractivity contribution is 0.129. The van der Waals surface area contributed by atoms with Gasteiger partial charge in [0.25, 0.3) is 0 Å². The molecule has 0 atom stereocenters. The van der Waals surface area contributed by atoms with Gasteiger partial charge in [0.05, 0.1) is 6.21 Å². The second-order valence-corrected chi connectivity index (χ2v) is 4.23. The Labute approximate surface area is 114 Å². The van der Waals surface area contributed by atoms with E-state index >= 15 is 0 Å². The normalized spacial score (nSPS) is 10.9. The quantitative estimate of drug-likeness (QED) is 0.609. The number of halogens is 3. The van der Waals surface area contributed by atoms with Crippen molar-refractivity contribution in [3.05, 3.63) is 70.2 Å². The summed E-state index contributed by atoms with van der Waals surface area (Å²) in [6.07, 6.45) is 1.47. The van der Waals surface area contributed by atoms with Crippen molar-refractivity contribution in [2.45, 2.75) is 6.61 Å². The van der Waals surface area contributed by atoms with E-state index in [9.17, 15) is 8.78 Å². The van der Waals surface area contributed by atoms with E-state index < -0.39 is 11.6 Å². The van der Waals surface area contributed by atoms with Crippen molar-refractivity contribution in [2.75, 3.05) is 0 Å². The lowest BCUT2D eigenvalue weighted by Crippen LogP contribution is -1.93. The molecule has 0 aliphatic carbocycles. The van der Waals surface area contributed by atoms with E-state index in [1.54, 1.807) is 24.3 Å². The average molecular weight is 282 g/mol. The van der Waals surface area contributed by atoms with Gasteiger partial charge < -0.3 is 4.84 Å². The molecule has 2 aromatic carbocycles. The molecule has 0 bridgehead atoms. The van der Waals surface area contributed by atoms with Gasteiger partial charge >= 0.3 is 0 Å². The third-order valence-electron chi connectivity index (χ3n) is 2.37. The summed E-state index contributed by atoms with van der Waals surface area (Å²) in [6, 6.07) is 10.1. The topological polar surface area (TPSA) is 21.6 Å². The fourth-order valence-corrected chi connectivity index (χ4v) is 1.53. The predicted octanol–water partition coefficient (Wildman–Crippen LogP) is 4.17. The van der Waals surface area contributed by atoms with Gasteiger partial charge in [-0.15, -0.1) is 0 Å². The number of rotatable bonds is 4. The Kier molecular flexibility index (Phi) is 4.47. The van der Waals surface area contributed by atoms with Crippen molar-refractivity contribution in [3.8, 4) is 0 Å². The molecule has 0 saturated carbocycles. The standard InChI is InChI=1S/C14H10ClF2NO/c15-12-3-1-10(2-4-12)8-18-19-9-11-7-13(16)5-6-14(11)17/h1-8H,9H2. The van der Waals surface area contributed by atoms with Crippen LogP contribution in [0.15, 0.2) is 47.6 Å². The smallest absolute Gasteiger partial charge is 0.145 e. The van der Waals surface area contributed by atoms with E-state index in [-0.39, 0.29) is 12.2 Å². The zero-order chi connectivity index (χ0) is 13.7. The van der Waals surface area contributed by atoms with Gasteiger partial charge in [0, 0.05) is 10.6 Å². The molecule has 0 fully saturated rings. The predicted molar refractivity (Wildman–Crippen MR) is 70.2 cm³/mol. The van der Waals surface area contributed by atoms with Crippen LogP contribution in [0.5, 0.6) is 0 Å². The summed E-state index contributed by atoms with van der Waals surface area (Å²) in [5, 5.41) is 4.31. The summed E-state index contributed by atoms with van der Waals surface area (Å²) in [5.74, 6) is -1.04. The van der Waals surface area contributed by atoms with E-state index in [4.69, 9.17) is 16.4 Å². The molecule has 0 aromatic heterocycles. The zero-order valence-electron chi connectivity index (χ0n) is 9.82. The molecule has 2 aromatic rings. The first-order valence-corrected chi connectivity index (χ1v) is 5.88. The monoisotopic (exact) mass is 281 g/mol. The maximum Gasteiger partial charge on any atom is 0.145 e. The molecule has 0 amide bonds. The minimum Gasteiger partial charge on any atom is -0.391 e. The second-order valence-electron chi connectivity index (χ2n) is 3.80. The van der Waals surface area contributed by atoms with Crippen LogP contribution in [0, 0.1) is 11.6 Å². The number of benzene rings is 2. The van der Waals surface area contributed by atoms with E-state index in [1.165, 1.54) is 6.21 Å². The van der Waals surface area contributed by atoms with Crippen molar-refractivity contribution >= 4 is 17.8 Å². The van der Waals surface area contributed by atoms with Crippen molar-refractivity contribution in [3.63, 3.8) is 0 Å². The van der Waals surface area contributed by atoms with Crippen LogP contribution in [0.4, 0.5) is 8.78 Å². The Morgan fingerprint density at radius 3 is 2.58 bits per heavy atom. The van der Waals surface area contributed by atoms with Gasteiger partial charge in [0.1, 0.15) is 18.2 Å². The maximum atomic E-state index is 13.3. The van der Waals surface area contributed by atoms with Crippen LogP contribution in [-0.4, -0.2) is 6.21 Å². The number of nitrogens with zero attached hydrogens (tertiary/aromatic N) is 1. The van der Waals surface area contributed by atoms with Gasteiger partial charge in [-0.2, -0.15) is 0 Å². The summed E-state index contributed by atoms with van der Waals surface area (Å²) in [6.45, 7) is -0.131. The molecule has 0 N–H and O–H groups in total. The molecule has 0 radical (unpaired) electrons. The highest BCUT2D eigenvalue weighted by Crippen LogP contribution is 2.11. The first-order chi connectivity index (χ1) is 9.15. The van der Waals surface area contributed by atoms with Gasteiger partial charge in [0.2, 0.25) is 0 Å². The number of hydrogen-bond acceptors (Lipinski definition) is 2. The van der Waals surface area contributed by atoms with E-state index in [2.05, 4.69) is 5.16 Å². The van der Waals surface area contributed by atoms with Gasteiger partial charge in [-0.05, 0) is 35.9 Å². The van der Waals surface area contributed by atoms with Crippen LogP contribution in [-0.2, 0) is 11.4 Å². The molecule has 19 heavy (non-hydrogen) atoms. The SMILES string of the molecule is Fc1ccc(F)c(CON=Cc2ccc(Cl)cc2)c1. The highest BCUT2D eigenvalue weighted by Gasteiger charge is 2.03. The first kappa shape index (κ1) is 13.5. The summed E-state index contributed by atoms with van der Waals surface area (Å²) in [7, 11) is 0. The van der Waals surface area contributed by atoms with Crippen molar-refractivity contribution < 1.29 is 13.6 Å². The van der Waals surface area contributed by atoms with Crippen LogP contribution < -0.4 is 0 Å². The highest BCUT2D eigenvalue weighted by atomic mass is 35.5. The Morgan fingerprint density at radius 1 is 1.11 bits per heavy atom. The molecule has 0 unspecified atom stereocenters. The fraction of sp³-hybridized carbons (Fsp3) is 0.0714. The van der Waals surface area contributed by atoms with Gasteiger partial charge in [0.15, 0.2) is 0 Å². The molecule has 0 heterocycles. The first-order valence-electron chi connectivity index (χ1n) is 5.50. The Balaban J connectivity index is 1.92. The minimum atomic E-state index is -0.525. The van der Waals surface area contributed by atoms with E-state index in [0.717, 1.165) is 23.8 Å².